The quantitative estimate of drug-likeness (QED) is 0.566. The van der Waals surface area contributed by atoms with E-state index < -0.39 is 0 Å². The Balaban J connectivity index is 1.88. The number of rotatable bonds is 7. The number of hydrogen-bond donors (Lipinski definition) is 2. The maximum atomic E-state index is 13.9. The van der Waals surface area contributed by atoms with Crippen LogP contribution in [0.15, 0.2) is 23.2 Å². The number of benzene rings is 1. The summed E-state index contributed by atoms with van der Waals surface area (Å²) in [5, 5.41) is 6.80. The molecule has 0 aliphatic carbocycles. The van der Waals surface area contributed by atoms with E-state index in [9.17, 15) is 4.39 Å². The molecule has 27 heavy (non-hydrogen) atoms. The molecule has 0 aromatic heterocycles. The van der Waals surface area contributed by atoms with Gasteiger partial charge in [0.05, 0.1) is 0 Å². The van der Waals surface area contributed by atoms with Crippen LogP contribution in [0.4, 0.5) is 4.39 Å². The van der Waals surface area contributed by atoms with Crippen LogP contribution in [0.3, 0.4) is 0 Å². The fourth-order valence-electron chi connectivity index (χ4n) is 3.52. The summed E-state index contributed by atoms with van der Waals surface area (Å²) >= 11 is 0. The Morgan fingerprint density at radius 3 is 2.52 bits per heavy atom. The van der Waals surface area contributed by atoms with Crippen LogP contribution in [0.25, 0.3) is 0 Å². The van der Waals surface area contributed by atoms with Gasteiger partial charge in [-0.05, 0) is 71.6 Å². The molecular weight excluding hydrogens is 341 g/mol. The molecule has 0 unspecified atom stereocenters. The van der Waals surface area contributed by atoms with Gasteiger partial charge < -0.3 is 15.5 Å². The van der Waals surface area contributed by atoms with Crippen molar-refractivity contribution in [1.82, 2.24) is 20.4 Å². The van der Waals surface area contributed by atoms with Gasteiger partial charge in [0.15, 0.2) is 5.96 Å². The van der Waals surface area contributed by atoms with Crippen LogP contribution in [-0.4, -0.2) is 62.1 Å². The summed E-state index contributed by atoms with van der Waals surface area (Å²) in [6.45, 7) is 8.96. The first kappa shape index (κ1) is 21.6. The first-order valence-electron chi connectivity index (χ1n) is 9.93. The third-order valence-corrected chi connectivity index (χ3v) is 5.18. The molecule has 152 valence electrons. The molecule has 2 N–H and O–H groups in total. The molecule has 1 aromatic rings. The summed E-state index contributed by atoms with van der Waals surface area (Å²) in [5.74, 6) is 0.622. The minimum atomic E-state index is -0.154. The molecule has 1 aliphatic rings. The highest BCUT2D eigenvalue weighted by Gasteiger charge is 2.27. The van der Waals surface area contributed by atoms with Crippen molar-refractivity contribution in [3.8, 4) is 0 Å². The molecule has 0 atom stereocenters. The number of likely N-dealkylation sites (tertiary alicyclic amines) is 1. The zero-order valence-electron chi connectivity index (χ0n) is 17.6. The number of piperidine rings is 1. The average molecular weight is 378 g/mol. The van der Waals surface area contributed by atoms with Crippen LogP contribution in [0.5, 0.6) is 0 Å². The third kappa shape index (κ3) is 6.78. The molecule has 1 heterocycles. The minimum Gasteiger partial charge on any atom is -0.355 e. The highest BCUT2D eigenvalue weighted by Crippen LogP contribution is 2.19. The Bertz CT molecular complexity index is 621. The van der Waals surface area contributed by atoms with Crippen molar-refractivity contribution in [3.63, 3.8) is 0 Å². The van der Waals surface area contributed by atoms with Gasteiger partial charge >= 0.3 is 0 Å². The maximum absolute atomic E-state index is 13.9. The van der Waals surface area contributed by atoms with Crippen molar-refractivity contribution < 1.29 is 4.39 Å². The molecule has 1 fully saturated rings. The molecule has 0 radical (unpaired) electrons. The highest BCUT2D eigenvalue weighted by atomic mass is 19.1. The van der Waals surface area contributed by atoms with Crippen LogP contribution < -0.4 is 10.6 Å². The topological polar surface area (TPSA) is 42.9 Å². The molecule has 5 nitrogen and oxygen atoms in total. The van der Waals surface area contributed by atoms with Crippen LogP contribution in [0, 0.1) is 5.82 Å². The van der Waals surface area contributed by atoms with E-state index in [1.54, 1.807) is 13.1 Å². The molecule has 6 heteroatoms. The van der Waals surface area contributed by atoms with Crippen molar-refractivity contribution in [3.05, 3.63) is 35.1 Å². The Hall–Kier alpha value is -1.66. The van der Waals surface area contributed by atoms with Gasteiger partial charge in [-0.1, -0.05) is 12.5 Å². The smallest absolute Gasteiger partial charge is 0.191 e. The summed E-state index contributed by atoms with van der Waals surface area (Å²) in [4.78, 5) is 8.86. The van der Waals surface area contributed by atoms with E-state index in [1.165, 1.54) is 32.4 Å². The van der Waals surface area contributed by atoms with E-state index in [2.05, 4.69) is 34.4 Å². The van der Waals surface area contributed by atoms with Gasteiger partial charge in [0.2, 0.25) is 0 Å². The first-order valence-corrected chi connectivity index (χ1v) is 9.93. The number of guanidine groups is 1. The molecular formula is C21H36FN5. The molecule has 1 aliphatic heterocycles. The molecule has 1 aromatic carbocycles. The second-order valence-corrected chi connectivity index (χ2v) is 8.30. The van der Waals surface area contributed by atoms with Crippen molar-refractivity contribution in [2.45, 2.75) is 51.7 Å². The van der Waals surface area contributed by atoms with E-state index in [4.69, 9.17) is 0 Å². The average Bonchev–Trinajstić information content (AvgIpc) is 2.64. The number of halogens is 1. The zero-order valence-corrected chi connectivity index (χ0v) is 17.6. The standard InChI is InChI=1S/C21H36FN5/c1-21(2,27-11-7-6-8-12-27)16-25-20(23-3)24-14-17-9-10-19(22)18(13-17)15-26(4)5/h9-10,13H,6-8,11-12,14-16H2,1-5H3,(H2,23,24,25). The Morgan fingerprint density at radius 2 is 1.89 bits per heavy atom. The Morgan fingerprint density at radius 1 is 1.19 bits per heavy atom. The van der Waals surface area contributed by atoms with E-state index in [0.29, 0.717) is 18.7 Å². The van der Waals surface area contributed by atoms with E-state index in [1.807, 2.05) is 31.1 Å². The predicted molar refractivity (Wildman–Crippen MR) is 111 cm³/mol. The molecule has 0 spiro atoms. The lowest BCUT2D eigenvalue weighted by Crippen LogP contribution is -2.54. The maximum Gasteiger partial charge on any atom is 0.191 e. The molecule has 0 amide bonds. The SMILES string of the molecule is CN=C(NCc1ccc(F)c(CN(C)C)c1)NCC(C)(C)N1CCCCC1. The number of nitrogens with zero attached hydrogens (tertiary/aromatic N) is 3. The van der Waals surface area contributed by atoms with Gasteiger partial charge in [0, 0.05) is 37.8 Å². The molecule has 0 bridgehead atoms. The van der Waals surface area contributed by atoms with Crippen LogP contribution in [0.1, 0.15) is 44.2 Å². The lowest BCUT2D eigenvalue weighted by atomic mass is 9.98. The van der Waals surface area contributed by atoms with Gasteiger partial charge in [0.25, 0.3) is 0 Å². The van der Waals surface area contributed by atoms with Crippen molar-refractivity contribution >= 4 is 5.96 Å². The lowest BCUT2D eigenvalue weighted by molar-refractivity contribution is 0.0982. The second kappa shape index (κ2) is 10.0. The van der Waals surface area contributed by atoms with Gasteiger partial charge in [0.1, 0.15) is 5.82 Å². The molecule has 2 rings (SSSR count). The molecule has 0 saturated carbocycles. The van der Waals surface area contributed by atoms with E-state index in [0.717, 1.165) is 18.1 Å². The highest BCUT2D eigenvalue weighted by molar-refractivity contribution is 5.79. The summed E-state index contributed by atoms with van der Waals surface area (Å²) in [6, 6.07) is 5.30. The van der Waals surface area contributed by atoms with E-state index >= 15 is 0 Å². The fraction of sp³-hybridized carbons (Fsp3) is 0.667. The molecule has 1 saturated heterocycles. The summed E-state index contributed by atoms with van der Waals surface area (Å²) < 4.78 is 13.9. The van der Waals surface area contributed by atoms with Crippen LogP contribution >= 0.6 is 0 Å². The zero-order chi connectivity index (χ0) is 19.9. The van der Waals surface area contributed by atoms with Gasteiger partial charge in [-0.2, -0.15) is 0 Å². The fourth-order valence-corrected chi connectivity index (χ4v) is 3.52. The summed E-state index contributed by atoms with van der Waals surface area (Å²) in [7, 11) is 5.67. The van der Waals surface area contributed by atoms with Crippen LogP contribution in [-0.2, 0) is 13.1 Å². The number of aliphatic imine (C=N–C) groups is 1. The van der Waals surface area contributed by atoms with E-state index in [-0.39, 0.29) is 11.4 Å². The van der Waals surface area contributed by atoms with Gasteiger partial charge in [-0.25, -0.2) is 4.39 Å². The minimum absolute atomic E-state index is 0.0901. The lowest BCUT2D eigenvalue weighted by Gasteiger charge is -2.41. The Kier molecular flexibility index (Phi) is 8.05. The van der Waals surface area contributed by atoms with Crippen LogP contribution in [0.2, 0.25) is 0 Å². The largest absolute Gasteiger partial charge is 0.355 e. The van der Waals surface area contributed by atoms with Gasteiger partial charge in [-0.3, -0.25) is 9.89 Å². The second-order valence-electron chi connectivity index (χ2n) is 8.30. The monoisotopic (exact) mass is 377 g/mol. The van der Waals surface area contributed by atoms with Crippen molar-refractivity contribution in [1.29, 1.82) is 0 Å². The summed E-state index contributed by atoms with van der Waals surface area (Å²) in [5.41, 5.74) is 1.85. The van der Waals surface area contributed by atoms with Crippen molar-refractivity contribution in [2.24, 2.45) is 4.99 Å². The third-order valence-electron chi connectivity index (χ3n) is 5.18. The number of nitrogens with one attached hydrogen (secondary N) is 2. The normalized spacial score (nSPS) is 16.6. The Labute approximate surface area is 164 Å². The summed E-state index contributed by atoms with van der Waals surface area (Å²) in [6.07, 6.45) is 3.92. The number of hydrogen-bond acceptors (Lipinski definition) is 3. The van der Waals surface area contributed by atoms with Crippen molar-refractivity contribution in [2.75, 3.05) is 40.8 Å². The van der Waals surface area contributed by atoms with Gasteiger partial charge in [-0.15, -0.1) is 0 Å². The predicted octanol–water partition coefficient (Wildman–Crippen LogP) is 2.82. The first-order chi connectivity index (χ1) is 12.8.